The Morgan fingerprint density at radius 1 is 1.16 bits per heavy atom. The fourth-order valence-corrected chi connectivity index (χ4v) is 6.01. The molecule has 8 nitrogen and oxygen atoms in total. The first-order valence-electron chi connectivity index (χ1n) is 13.6. The van der Waals surface area contributed by atoms with E-state index in [-0.39, 0.29) is 18.5 Å². The highest BCUT2D eigenvalue weighted by Gasteiger charge is 2.40. The Labute approximate surface area is 223 Å². The number of hydrogen-bond acceptors (Lipinski definition) is 6. The van der Waals surface area contributed by atoms with Gasteiger partial charge in [0.2, 0.25) is 11.8 Å². The second-order valence-corrected chi connectivity index (χ2v) is 11.5. The van der Waals surface area contributed by atoms with Gasteiger partial charge in [0.15, 0.2) is 0 Å². The summed E-state index contributed by atoms with van der Waals surface area (Å²) in [5, 5.41) is 9.98. The summed E-state index contributed by atoms with van der Waals surface area (Å²) in [7, 11) is 0. The zero-order valence-corrected chi connectivity index (χ0v) is 21.9. The van der Waals surface area contributed by atoms with E-state index in [2.05, 4.69) is 16.8 Å². The highest BCUT2D eigenvalue weighted by molar-refractivity contribution is 5.98. The zero-order valence-electron chi connectivity index (χ0n) is 21.9. The summed E-state index contributed by atoms with van der Waals surface area (Å²) in [4.78, 5) is 32.7. The van der Waals surface area contributed by atoms with Crippen molar-refractivity contribution in [2.45, 2.75) is 57.6 Å². The van der Waals surface area contributed by atoms with Crippen LogP contribution in [-0.2, 0) is 4.79 Å². The van der Waals surface area contributed by atoms with Gasteiger partial charge in [0.25, 0.3) is 5.91 Å². The van der Waals surface area contributed by atoms with Crippen LogP contribution in [0.1, 0.15) is 55.8 Å². The molecule has 3 fully saturated rings. The number of benzene rings is 1. The number of piperidine rings is 1. The molecule has 1 aromatic carbocycles. The summed E-state index contributed by atoms with van der Waals surface area (Å²) < 4.78 is 20.9. The van der Waals surface area contributed by atoms with E-state index in [1.807, 2.05) is 0 Å². The minimum absolute atomic E-state index is 0.0901. The molecular formula is C29H37FN4O4. The molecule has 204 valence electrons. The minimum atomic E-state index is -1.11. The average molecular weight is 525 g/mol. The first kappa shape index (κ1) is 26.6. The van der Waals surface area contributed by atoms with Crippen molar-refractivity contribution >= 4 is 11.8 Å². The van der Waals surface area contributed by atoms with Crippen molar-refractivity contribution in [1.29, 1.82) is 0 Å². The van der Waals surface area contributed by atoms with Crippen molar-refractivity contribution in [2.24, 2.45) is 17.1 Å². The Kier molecular flexibility index (Phi) is 7.68. The molecule has 2 saturated heterocycles. The smallest absolute Gasteiger partial charge is 0.254 e. The molecule has 0 spiro atoms. The molecule has 2 aliphatic heterocycles. The van der Waals surface area contributed by atoms with Gasteiger partial charge in [-0.15, -0.1) is 0 Å². The molecule has 3 N–H and O–H groups in total. The third kappa shape index (κ3) is 5.68. The molecule has 3 aliphatic rings. The molecule has 2 aromatic rings. The lowest BCUT2D eigenvalue weighted by Crippen LogP contribution is -2.48. The number of primary amides is 1. The molecule has 1 aliphatic carbocycles. The molecule has 1 aromatic heterocycles. The van der Waals surface area contributed by atoms with Crippen molar-refractivity contribution in [1.82, 2.24) is 14.8 Å². The van der Waals surface area contributed by atoms with Crippen LogP contribution in [0, 0.1) is 17.2 Å². The molecule has 2 amide bonds. The van der Waals surface area contributed by atoms with E-state index < -0.39 is 29.8 Å². The van der Waals surface area contributed by atoms with E-state index in [0.29, 0.717) is 34.9 Å². The predicted molar refractivity (Wildman–Crippen MR) is 141 cm³/mol. The van der Waals surface area contributed by atoms with Gasteiger partial charge in [-0.05, 0) is 74.7 Å². The Bertz CT molecular complexity index is 1160. The van der Waals surface area contributed by atoms with E-state index >= 15 is 0 Å². The monoisotopic (exact) mass is 524 g/mol. The summed E-state index contributed by atoms with van der Waals surface area (Å²) in [5.74, 6) is -0.881. The first-order chi connectivity index (χ1) is 18.2. The van der Waals surface area contributed by atoms with Crippen LogP contribution < -0.4 is 10.5 Å². The molecule has 0 unspecified atom stereocenters. The van der Waals surface area contributed by atoms with Gasteiger partial charge < -0.3 is 25.4 Å². The van der Waals surface area contributed by atoms with Crippen molar-refractivity contribution in [3.8, 4) is 17.0 Å². The fourth-order valence-electron chi connectivity index (χ4n) is 6.01. The highest BCUT2D eigenvalue weighted by Crippen LogP contribution is 2.41. The van der Waals surface area contributed by atoms with Crippen molar-refractivity contribution in [3.05, 3.63) is 47.9 Å². The molecule has 3 heterocycles. The quantitative estimate of drug-likeness (QED) is 0.549. The van der Waals surface area contributed by atoms with Gasteiger partial charge in [-0.25, -0.2) is 9.37 Å². The third-order valence-corrected chi connectivity index (χ3v) is 8.52. The summed E-state index contributed by atoms with van der Waals surface area (Å²) in [6, 6.07) is 6.55. The van der Waals surface area contributed by atoms with Crippen LogP contribution in [0.25, 0.3) is 11.1 Å². The number of halogens is 1. The van der Waals surface area contributed by atoms with Crippen LogP contribution in [0.2, 0.25) is 0 Å². The fraction of sp³-hybridized carbons (Fsp3) is 0.552. The van der Waals surface area contributed by atoms with Gasteiger partial charge >= 0.3 is 0 Å². The Morgan fingerprint density at radius 3 is 2.53 bits per heavy atom. The lowest BCUT2D eigenvalue weighted by Gasteiger charge is -2.44. The molecule has 2 atom stereocenters. The number of carbonyl (C=O) groups is 2. The summed E-state index contributed by atoms with van der Waals surface area (Å²) in [5.41, 5.74) is 6.83. The Hall–Kier alpha value is -3.04. The number of likely N-dealkylation sites (tertiary alicyclic amines) is 2. The number of aliphatic hydroxyl groups is 1. The maximum Gasteiger partial charge on any atom is 0.254 e. The van der Waals surface area contributed by atoms with Gasteiger partial charge in [-0.3, -0.25) is 9.59 Å². The van der Waals surface area contributed by atoms with Crippen molar-refractivity contribution in [3.63, 3.8) is 0 Å². The van der Waals surface area contributed by atoms with Crippen molar-refractivity contribution in [2.75, 3.05) is 32.8 Å². The normalized spacial score (nSPS) is 23.7. The van der Waals surface area contributed by atoms with Gasteiger partial charge in [-0.1, -0.05) is 19.4 Å². The summed E-state index contributed by atoms with van der Waals surface area (Å²) in [6.07, 6.45) is 7.13. The maximum absolute atomic E-state index is 15.0. The number of aliphatic hydroxyl groups excluding tert-OH is 1. The number of carbonyl (C=O) groups excluding carboxylic acids is 2. The number of ether oxygens (including phenoxy) is 1. The van der Waals surface area contributed by atoms with Crippen molar-refractivity contribution < 1.29 is 23.8 Å². The minimum Gasteiger partial charge on any atom is -0.477 e. The molecule has 38 heavy (non-hydrogen) atoms. The average Bonchev–Trinajstić information content (AvgIpc) is 3.29. The van der Waals surface area contributed by atoms with Crippen LogP contribution in [0.3, 0.4) is 0 Å². The maximum atomic E-state index is 15.0. The Morgan fingerprint density at radius 2 is 1.92 bits per heavy atom. The molecule has 9 heteroatoms. The number of nitrogens with zero attached hydrogens (tertiary/aromatic N) is 3. The van der Waals surface area contributed by atoms with E-state index in [0.717, 1.165) is 32.0 Å². The lowest BCUT2D eigenvalue weighted by molar-refractivity contribution is -0.123. The lowest BCUT2D eigenvalue weighted by atomic mass is 9.70. The number of aromatic nitrogens is 1. The van der Waals surface area contributed by atoms with Crippen LogP contribution in [0.15, 0.2) is 36.5 Å². The van der Waals surface area contributed by atoms with Crippen LogP contribution in [-0.4, -0.2) is 76.6 Å². The van der Waals surface area contributed by atoms with E-state index in [1.54, 1.807) is 18.3 Å². The molecule has 5 rings (SSSR count). The second-order valence-electron chi connectivity index (χ2n) is 11.5. The Balaban J connectivity index is 1.14. The molecule has 0 bridgehead atoms. The number of hydrogen-bond donors (Lipinski definition) is 2. The van der Waals surface area contributed by atoms with Gasteiger partial charge in [-0.2, -0.15) is 0 Å². The number of pyridine rings is 1. The van der Waals surface area contributed by atoms with Gasteiger partial charge in [0, 0.05) is 42.0 Å². The predicted octanol–water partition coefficient (Wildman–Crippen LogP) is 3.23. The van der Waals surface area contributed by atoms with E-state index in [1.165, 1.54) is 42.8 Å². The van der Waals surface area contributed by atoms with Crippen LogP contribution in [0.4, 0.5) is 4.39 Å². The molecule has 1 saturated carbocycles. The van der Waals surface area contributed by atoms with Crippen LogP contribution in [0.5, 0.6) is 5.88 Å². The summed E-state index contributed by atoms with van der Waals surface area (Å²) in [6.45, 7) is 6.66. The zero-order chi connectivity index (χ0) is 26.9. The molecule has 0 radical (unpaired) electrons. The second kappa shape index (κ2) is 11.0. The standard InChI is InChI=1S/C29H37FN4O4/c1-29(10-2-11-29)18-33-12-7-19(8-13-33)17-38-25-6-4-21(16-32-25)22-5-3-20(15-23(22)30)28(37)34-14-9-24(35)26(34)27(31)36/h3-6,15-16,19,24,26,35H,2,7-14,17-18H2,1H3,(H2,31,36)/t24-,26-/m0/s1. The third-order valence-electron chi connectivity index (χ3n) is 8.52. The number of amides is 2. The largest absolute Gasteiger partial charge is 0.477 e. The van der Waals surface area contributed by atoms with Gasteiger partial charge in [0.05, 0.1) is 12.7 Å². The van der Waals surface area contributed by atoms with E-state index in [4.69, 9.17) is 10.5 Å². The first-order valence-corrected chi connectivity index (χ1v) is 13.6. The van der Waals surface area contributed by atoms with Gasteiger partial charge in [0.1, 0.15) is 11.9 Å². The topological polar surface area (TPSA) is 109 Å². The molecular weight excluding hydrogens is 487 g/mol. The summed E-state index contributed by atoms with van der Waals surface area (Å²) >= 11 is 0. The van der Waals surface area contributed by atoms with Crippen LogP contribution >= 0.6 is 0 Å². The SMILES string of the molecule is CC1(CN2CCC(COc3ccc(-c4ccc(C(=O)N5CC[C@H](O)[C@H]5C(N)=O)cc4F)cn3)CC2)CCC1. The van der Waals surface area contributed by atoms with E-state index in [9.17, 15) is 19.1 Å². The highest BCUT2D eigenvalue weighted by atomic mass is 19.1. The number of rotatable bonds is 8. The number of nitrogens with two attached hydrogens (primary N) is 1.